The van der Waals surface area contributed by atoms with Gasteiger partial charge in [0.25, 0.3) is 0 Å². The van der Waals surface area contributed by atoms with Crippen LogP contribution < -0.4 is 0 Å². The second-order valence-corrected chi connectivity index (χ2v) is 12.6. The normalized spacial score (nSPS) is 15.5. The second-order valence-electron chi connectivity index (χ2n) is 12.6. The molecule has 1 spiro atoms. The highest BCUT2D eigenvalue weighted by Gasteiger charge is 2.49. The second kappa shape index (κ2) is 10.00. The number of pyridine rings is 1. The van der Waals surface area contributed by atoms with Crippen molar-refractivity contribution in [1.29, 1.82) is 5.26 Å². The Hall–Kier alpha value is -6.50. The van der Waals surface area contributed by atoms with Crippen molar-refractivity contribution in [2.75, 3.05) is 0 Å². The van der Waals surface area contributed by atoms with E-state index in [-0.39, 0.29) is 0 Å². The Kier molecular flexibility index (Phi) is 5.56. The molecule has 3 nitrogen and oxygen atoms in total. The maximum absolute atomic E-state index is 9.20. The Morgan fingerprint density at radius 2 is 1.25 bits per heavy atom. The molecule has 1 atom stereocenters. The third-order valence-corrected chi connectivity index (χ3v) is 10.2. The Morgan fingerprint density at radius 1 is 0.521 bits per heavy atom. The van der Waals surface area contributed by atoms with Crippen LogP contribution in [0, 0.1) is 11.3 Å². The number of rotatable bonds is 2. The van der Waals surface area contributed by atoms with Gasteiger partial charge in [-0.15, -0.1) is 0 Å². The molecule has 2 aromatic heterocycles. The molecule has 3 heteroatoms. The Labute approximate surface area is 277 Å². The lowest BCUT2D eigenvalue weighted by molar-refractivity contribution is 0.666. The predicted octanol–water partition coefficient (Wildman–Crippen LogP) is 11.0. The summed E-state index contributed by atoms with van der Waals surface area (Å²) in [6, 6.07) is 51.5. The summed E-state index contributed by atoms with van der Waals surface area (Å²) in [5, 5.41) is 11.5. The highest BCUT2D eigenvalue weighted by Crippen LogP contribution is 2.59. The van der Waals surface area contributed by atoms with Crippen LogP contribution in [0.25, 0.3) is 67.6 Å². The molecule has 0 saturated heterocycles. The van der Waals surface area contributed by atoms with Gasteiger partial charge < -0.3 is 4.42 Å². The molecule has 0 bridgehead atoms. The monoisotopic (exact) mass is 610 g/mol. The van der Waals surface area contributed by atoms with Crippen molar-refractivity contribution < 1.29 is 4.42 Å². The molecular formula is C45H26N2O. The van der Waals surface area contributed by atoms with E-state index in [1.165, 1.54) is 44.5 Å². The van der Waals surface area contributed by atoms with E-state index in [0.717, 1.165) is 44.3 Å². The summed E-state index contributed by atoms with van der Waals surface area (Å²) in [4.78, 5) is 4.85. The molecule has 0 radical (unpaired) electrons. The Balaban J connectivity index is 1.23. The van der Waals surface area contributed by atoms with Gasteiger partial charge in [-0.25, -0.2) is 0 Å². The number of hydrogen-bond acceptors (Lipinski definition) is 3. The lowest BCUT2D eigenvalue weighted by Crippen LogP contribution is -2.30. The number of aromatic nitrogens is 1. The topological polar surface area (TPSA) is 49.8 Å². The predicted molar refractivity (Wildman–Crippen MR) is 193 cm³/mol. The van der Waals surface area contributed by atoms with Crippen molar-refractivity contribution in [2.24, 2.45) is 0 Å². The number of para-hydroxylation sites is 1. The van der Waals surface area contributed by atoms with Gasteiger partial charge >= 0.3 is 0 Å². The molecule has 222 valence electrons. The van der Waals surface area contributed by atoms with Crippen molar-refractivity contribution in [3.05, 3.63) is 185 Å². The number of fused-ring (bicyclic) bond motifs is 12. The van der Waals surface area contributed by atoms with E-state index < -0.39 is 5.41 Å². The first-order valence-electron chi connectivity index (χ1n) is 16.2. The summed E-state index contributed by atoms with van der Waals surface area (Å²) in [6.45, 7) is 0. The minimum atomic E-state index is -0.569. The van der Waals surface area contributed by atoms with Crippen LogP contribution in [0.4, 0.5) is 0 Å². The summed E-state index contributed by atoms with van der Waals surface area (Å²) in [5.41, 5.74) is 15.8. The van der Waals surface area contributed by atoms with Crippen LogP contribution >= 0.6 is 0 Å². The zero-order chi connectivity index (χ0) is 31.8. The number of hydrogen-bond donors (Lipinski definition) is 0. The van der Waals surface area contributed by atoms with Crippen LogP contribution in [0.1, 0.15) is 38.9 Å². The molecule has 0 fully saturated rings. The summed E-state index contributed by atoms with van der Waals surface area (Å²) >= 11 is 0. The van der Waals surface area contributed by atoms with Crippen LogP contribution in [0.15, 0.2) is 150 Å². The van der Waals surface area contributed by atoms with Gasteiger partial charge in [-0.1, -0.05) is 109 Å². The molecule has 0 amide bonds. The zero-order valence-electron chi connectivity index (χ0n) is 25.8. The summed E-state index contributed by atoms with van der Waals surface area (Å²) in [6.07, 6.45) is 6.48. The minimum Gasteiger partial charge on any atom is -0.456 e. The number of nitrogens with zero attached hydrogens (tertiary/aromatic N) is 2. The van der Waals surface area contributed by atoms with Crippen molar-refractivity contribution >= 4 is 34.1 Å². The van der Waals surface area contributed by atoms with E-state index in [9.17, 15) is 5.26 Å². The first kappa shape index (κ1) is 26.7. The zero-order valence-corrected chi connectivity index (χ0v) is 25.8. The van der Waals surface area contributed by atoms with Crippen LogP contribution in [0.3, 0.4) is 0 Å². The van der Waals surface area contributed by atoms with E-state index in [1.54, 1.807) is 0 Å². The molecule has 6 aromatic carbocycles. The van der Waals surface area contributed by atoms with Crippen LogP contribution in [0.2, 0.25) is 0 Å². The smallest absolute Gasteiger partial charge is 0.135 e. The van der Waals surface area contributed by atoms with E-state index in [1.807, 2.05) is 36.5 Å². The van der Waals surface area contributed by atoms with Crippen molar-refractivity contribution in [1.82, 2.24) is 4.98 Å². The number of furan rings is 1. The standard InChI is InChI=1S/C45H26N2O/c46-26-28-13-15-31(16-14-28)42-22-21-33(27-47-42)32-20-19-30-18-17-29-7-1-4-10-38(29)45(40(30)23-32)39-11-5-2-8-34(39)36-24-37-35-9-3-6-12-43(35)48-44(37)25-41(36)45/h1-25,27H. The molecule has 0 aliphatic heterocycles. The Morgan fingerprint density at radius 3 is 2.08 bits per heavy atom. The van der Waals surface area contributed by atoms with Gasteiger partial charge in [-0.2, -0.15) is 5.26 Å². The first-order chi connectivity index (χ1) is 23.7. The molecule has 10 rings (SSSR count). The first-order valence-corrected chi connectivity index (χ1v) is 16.2. The average molecular weight is 611 g/mol. The van der Waals surface area contributed by atoms with Crippen molar-refractivity contribution in [3.8, 4) is 39.6 Å². The number of nitriles is 1. The molecule has 2 heterocycles. The summed E-state index contributed by atoms with van der Waals surface area (Å²) in [5.74, 6) is 0. The molecule has 8 aromatic rings. The van der Waals surface area contributed by atoms with Gasteiger partial charge in [-0.05, 0) is 92.5 Å². The fourth-order valence-electron chi connectivity index (χ4n) is 8.04. The lowest BCUT2D eigenvalue weighted by Gasteiger charge is -2.35. The maximum atomic E-state index is 9.20. The molecule has 2 aliphatic rings. The van der Waals surface area contributed by atoms with Gasteiger partial charge in [0.2, 0.25) is 0 Å². The molecule has 48 heavy (non-hydrogen) atoms. The third kappa shape index (κ3) is 3.66. The van der Waals surface area contributed by atoms with E-state index in [4.69, 9.17) is 9.40 Å². The fraction of sp³-hybridized carbons (Fsp3) is 0.0222. The van der Waals surface area contributed by atoms with E-state index in [0.29, 0.717) is 5.56 Å². The van der Waals surface area contributed by atoms with Gasteiger partial charge in [0.1, 0.15) is 11.2 Å². The fourth-order valence-corrected chi connectivity index (χ4v) is 8.04. The minimum absolute atomic E-state index is 0.569. The molecule has 0 saturated carbocycles. The third-order valence-electron chi connectivity index (χ3n) is 10.2. The summed E-state index contributed by atoms with van der Waals surface area (Å²) in [7, 11) is 0. The van der Waals surface area contributed by atoms with Gasteiger partial charge in [0.05, 0.1) is 22.7 Å². The lowest BCUT2D eigenvalue weighted by atomic mass is 9.65. The van der Waals surface area contributed by atoms with Crippen LogP contribution in [-0.2, 0) is 5.41 Å². The Bertz CT molecular complexity index is 2670. The highest BCUT2D eigenvalue weighted by atomic mass is 16.3. The van der Waals surface area contributed by atoms with Crippen molar-refractivity contribution in [2.45, 2.75) is 5.41 Å². The molecule has 0 N–H and O–H groups in total. The van der Waals surface area contributed by atoms with Crippen LogP contribution in [-0.4, -0.2) is 4.98 Å². The van der Waals surface area contributed by atoms with Gasteiger partial charge in [0, 0.05) is 28.1 Å². The molecule has 2 aliphatic carbocycles. The van der Waals surface area contributed by atoms with Crippen molar-refractivity contribution in [3.63, 3.8) is 0 Å². The number of benzene rings is 6. The quantitative estimate of drug-likeness (QED) is 0.196. The van der Waals surface area contributed by atoms with E-state index >= 15 is 0 Å². The molecular weight excluding hydrogens is 585 g/mol. The van der Waals surface area contributed by atoms with Gasteiger partial charge in [0.15, 0.2) is 0 Å². The average Bonchev–Trinajstić information content (AvgIpc) is 3.61. The van der Waals surface area contributed by atoms with Gasteiger partial charge in [-0.3, -0.25) is 4.98 Å². The SMILES string of the molecule is N#Cc1ccc(-c2ccc(-c3ccc4c(c3)C3(c5ccccc5C=C4)c4ccccc4-c4cc5c(cc43)oc3ccccc35)cn2)cc1. The maximum Gasteiger partial charge on any atom is 0.135 e. The largest absolute Gasteiger partial charge is 0.456 e. The molecule has 1 unspecified atom stereocenters. The van der Waals surface area contributed by atoms with E-state index in [2.05, 4.69) is 127 Å². The highest BCUT2D eigenvalue weighted by molar-refractivity contribution is 6.08. The van der Waals surface area contributed by atoms with Crippen LogP contribution in [0.5, 0.6) is 0 Å². The summed E-state index contributed by atoms with van der Waals surface area (Å²) < 4.78 is 6.53.